The van der Waals surface area contributed by atoms with Gasteiger partial charge in [-0.1, -0.05) is 0 Å². The van der Waals surface area contributed by atoms with E-state index in [1.165, 1.54) is 11.0 Å². The molecular weight excluding hydrogens is 230 g/mol. The Labute approximate surface area is 100 Å². The van der Waals surface area contributed by atoms with E-state index in [2.05, 4.69) is 19.0 Å². The Kier molecular flexibility index (Phi) is 5.91. The van der Waals surface area contributed by atoms with Crippen molar-refractivity contribution < 1.29 is 4.74 Å². The third-order valence-corrected chi connectivity index (χ3v) is 2.92. The van der Waals surface area contributed by atoms with E-state index in [-0.39, 0.29) is 0 Å². The second kappa shape index (κ2) is 6.99. The molecule has 0 aliphatic heterocycles. The van der Waals surface area contributed by atoms with Crippen molar-refractivity contribution in [2.75, 3.05) is 27.2 Å². The van der Waals surface area contributed by atoms with Gasteiger partial charge < -0.3 is 9.64 Å². The lowest BCUT2D eigenvalue weighted by Crippen LogP contribution is -2.15. The number of hydrogen-bond acceptors (Lipinski definition) is 3. The first-order valence-corrected chi connectivity index (χ1v) is 6.53. The minimum absolute atomic E-state index is 0.756. The predicted molar refractivity (Wildman–Crippen MR) is 66.8 cm³/mol. The number of rotatable bonds is 6. The van der Waals surface area contributed by atoms with Crippen LogP contribution in [0.4, 0.5) is 0 Å². The number of benzene rings is 1. The van der Waals surface area contributed by atoms with Gasteiger partial charge in [0.1, 0.15) is 5.75 Å². The smallest absolute Gasteiger partial charge is 0.119 e. The predicted octanol–water partition coefficient (Wildman–Crippen LogP) is 3.26. The maximum absolute atomic E-state index is 5.61. The summed E-state index contributed by atoms with van der Waals surface area (Å²) in [5.74, 6) is 0.906. The van der Waals surface area contributed by atoms with Crippen molar-refractivity contribution in [3.63, 3.8) is 0 Å². The van der Waals surface area contributed by atoms with Crippen molar-refractivity contribution in [1.82, 2.24) is 4.90 Å². The Hall–Kier alpha value is -0.380. The van der Waals surface area contributed by atoms with Gasteiger partial charge in [-0.25, -0.2) is 0 Å². The van der Waals surface area contributed by atoms with Gasteiger partial charge in [-0.15, -0.1) is 0 Å². The van der Waals surface area contributed by atoms with E-state index in [0.717, 1.165) is 30.2 Å². The summed E-state index contributed by atoms with van der Waals surface area (Å²) < 4.78 is 5.58. The first kappa shape index (κ1) is 12.7. The van der Waals surface area contributed by atoms with Crippen LogP contribution in [0, 0.1) is 0 Å². The highest BCUT2D eigenvalue weighted by molar-refractivity contribution is 8.21. The monoisotopic (exact) mass is 245 g/mol. The summed E-state index contributed by atoms with van der Waals surface area (Å²) in [5, 5.41) is 0. The molecule has 0 aliphatic rings. The Morgan fingerprint density at radius 3 is 2.47 bits per heavy atom. The molecule has 0 fully saturated rings. The molecule has 0 atom stereocenters. The fraction of sp³-hybridized carbons (Fsp3) is 0.455. The Morgan fingerprint density at radius 1 is 1.27 bits per heavy atom. The molecule has 0 saturated heterocycles. The van der Waals surface area contributed by atoms with E-state index in [4.69, 9.17) is 15.4 Å². The van der Waals surface area contributed by atoms with Crippen molar-refractivity contribution in [2.45, 2.75) is 11.3 Å². The summed E-state index contributed by atoms with van der Waals surface area (Å²) in [7, 11) is 11.0. The molecule has 84 valence electrons. The van der Waals surface area contributed by atoms with Crippen LogP contribution in [0.15, 0.2) is 29.2 Å². The summed E-state index contributed by atoms with van der Waals surface area (Å²) in [4.78, 5) is 3.19. The average molecular weight is 246 g/mol. The van der Waals surface area contributed by atoms with Crippen LogP contribution in [0.1, 0.15) is 6.42 Å². The van der Waals surface area contributed by atoms with Gasteiger partial charge in [-0.3, -0.25) is 0 Å². The molecule has 15 heavy (non-hydrogen) atoms. The van der Waals surface area contributed by atoms with Gasteiger partial charge in [-0.05, 0) is 66.4 Å². The van der Waals surface area contributed by atoms with E-state index in [9.17, 15) is 0 Å². The van der Waals surface area contributed by atoms with Crippen molar-refractivity contribution in [3.05, 3.63) is 24.3 Å². The second-order valence-corrected chi connectivity index (χ2v) is 4.64. The second-order valence-electron chi connectivity index (χ2n) is 3.55. The fourth-order valence-corrected chi connectivity index (χ4v) is 1.71. The zero-order valence-electron chi connectivity index (χ0n) is 9.07. The van der Waals surface area contributed by atoms with Crippen LogP contribution in [-0.4, -0.2) is 32.1 Å². The Morgan fingerprint density at radius 2 is 1.93 bits per heavy atom. The summed E-state index contributed by atoms with van der Waals surface area (Å²) >= 11 is 0. The number of halogens is 1. The van der Waals surface area contributed by atoms with Crippen LogP contribution in [-0.2, 0) is 0 Å². The molecule has 0 N–H and O–H groups in total. The Balaban J connectivity index is 2.25. The molecule has 0 saturated carbocycles. The van der Waals surface area contributed by atoms with Crippen molar-refractivity contribution in [2.24, 2.45) is 0 Å². The number of ether oxygens (including phenoxy) is 1. The SMILES string of the molecule is CN(C)CCCOc1ccc(SCl)cc1. The lowest BCUT2D eigenvalue weighted by atomic mass is 10.3. The van der Waals surface area contributed by atoms with Crippen LogP contribution in [0.2, 0.25) is 0 Å². The van der Waals surface area contributed by atoms with E-state index in [1.807, 2.05) is 24.3 Å². The van der Waals surface area contributed by atoms with Gasteiger partial charge in [0, 0.05) is 11.4 Å². The van der Waals surface area contributed by atoms with Gasteiger partial charge in [0.25, 0.3) is 0 Å². The standard InChI is InChI=1S/C11H16ClNOS/c1-13(2)8-3-9-14-10-4-6-11(15-12)7-5-10/h4-7H,3,8-9H2,1-2H3. The minimum Gasteiger partial charge on any atom is -0.494 e. The van der Waals surface area contributed by atoms with Crippen LogP contribution in [0.3, 0.4) is 0 Å². The molecule has 1 aromatic carbocycles. The third kappa shape index (κ3) is 5.30. The van der Waals surface area contributed by atoms with Gasteiger partial charge in [-0.2, -0.15) is 0 Å². The zero-order chi connectivity index (χ0) is 11.1. The van der Waals surface area contributed by atoms with E-state index < -0.39 is 0 Å². The molecule has 1 aromatic rings. The molecule has 4 heteroatoms. The van der Waals surface area contributed by atoms with Gasteiger partial charge >= 0.3 is 0 Å². The van der Waals surface area contributed by atoms with Gasteiger partial charge in [0.05, 0.1) is 6.61 Å². The largest absolute Gasteiger partial charge is 0.494 e. The number of nitrogens with zero attached hydrogens (tertiary/aromatic N) is 1. The lowest BCUT2D eigenvalue weighted by Gasteiger charge is -2.10. The van der Waals surface area contributed by atoms with Gasteiger partial charge in [0.15, 0.2) is 0 Å². The summed E-state index contributed by atoms with van der Waals surface area (Å²) in [6.07, 6.45) is 1.04. The summed E-state index contributed by atoms with van der Waals surface area (Å²) in [6, 6.07) is 7.80. The summed E-state index contributed by atoms with van der Waals surface area (Å²) in [6.45, 7) is 1.81. The van der Waals surface area contributed by atoms with Gasteiger partial charge in [0.2, 0.25) is 0 Å². The maximum atomic E-state index is 5.61. The third-order valence-electron chi connectivity index (χ3n) is 1.93. The molecule has 1 rings (SSSR count). The van der Waals surface area contributed by atoms with E-state index in [0.29, 0.717) is 0 Å². The molecule has 0 bridgehead atoms. The molecule has 0 amide bonds. The van der Waals surface area contributed by atoms with Crippen LogP contribution in [0.25, 0.3) is 0 Å². The molecule has 0 aliphatic carbocycles. The minimum atomic E-state index is 0.756. The first-order chi connectivity index (χ1) is 7.22. The highest BCUT2D eigenvalue weighted by atomic mass is 35.7. The van der Waals surface area contributed by atoms with Crippen molar-refractivity contribution in [1.29, 1.82) is 0 Å². The molecule has 0 spiro atoms. The topological polar surface area (TPSA) is 12.5 Å². The molecular formula is C11H16ClNOS. The molecule has 2 nitrogen and oxygen atoms in total. The normalized spacial score (nSPS) is 10.7. The van der Waals surface area contributed by atoms with Crippen molar-refractivity contribution in [3.8, 4) is 5.75 Å². The zero-order valence-corrected chi connectivity index (χ0v) is 10.6. The van der Waals surface area contributed by atoms with Crippen LogP contribution in [0.5, 0.6) is 5.75 Å². The molecule has 0 unspecified atom stereocenters. The highest BCUT2D eigenvalue weighted by Gasteiger charge is 1.95. The lowest BCUT2D eigenvalue weighted by molar-refractivity contribution is 0.281. The van der Waals surface area contributed by atoms with Crippen LogP contribution < -0.4 is 4.74 Å². The van der Waals surface area contributed by atoms with Crippen molar-refractivity contribution >= 4 is 21.7 Å². The van der Waals surface area contributed by atoms with E-state index >= 15 is 0 Å². The first-order valence-electron chi connectivity index (χ1n) is 4.88. The Bertz CT molecular complexity index is 276. The molecule has 0 aromatic heterocycles. The fourth-order valence-electron chi connectivity index (χ4n) is 1.16. The highest BCUT2D eigenvalue weighted by Crippen LogP contribution is 2.24. The quantitative estimate of drug-likeness (QED) is 0.714. The average Bonchev–Trinajstić information content (AvgIpc) is 2.25. The maximum Gasteiger partial charge on any atom is 0.119 e. The molecule has 0 radical (unpaired) electrons. The number of hydrogen-bond donors (Lipinski definition) is 0. The van der Waals surface area contributed by atoms with E-state index in [1.54, 1.807) is 0 Å². The van der Waals surface area contributed by atoms with Crippen LogP contribution >= 0.6 is 21.7 Å². The summed E-state index contributed by atoms with van der Waals surface area (Å²) in [5.41, 5.74) is 0. The molecule has 0 heterocycles.